The fraction of sp³-hybridized carbons (Fsp3) is 0.417. The van der Waals surface area contributed by atoms with Crippen molar-refractivity contribution in [3.63, 3.8) is 0 Å². The minimum atomic E-state index is -1.10. The number of rotatable bonds is 4. The number of hydrogen-bond acceptors (Lipinski definition) is 3. The van der Waals surface area contributed by atoms with E-state index in [1.54, 1.807) is 0 Å². The highest BCUT2D eigenvalue weighted by Crippen LogP contribution is 2.52. The van der Waals surface area contributed by atoms with Crippen LogP contribution in [0.2, 0.25) is 0 Å². The lowest BCUT2D eigenvalue weighted by molar-refractivity contribution is -0.139. The zero-order chi connectivity index (χ0) is 11.8. The molecule has 0 bridgehead atoms. The first-order chi connectivity index (χ1) is 7.59. The van der Waals surface area contributed by atoms with E-state index < -0.39 is 11.5 Å². The quantitative estimate of drug-likeness (QED) is 0.805. The van der Waals surface area contributed by atoms with Gasteiger partial charge in [0.05, 0.1) is 6.61 Å². The van der Waals surface area contributed by atoms with Gasteiger partial charge in [0.25, 0.3) is 0 Å². The van der Waals surface area contributed by atoms with Gasteiger partial charge in [0.1, 0.15) is 11.3 Å². The van der Waals surface area contributed by atoms with Crippen molar-refractivity contribution in [1.29, 1.82) is 0 Å². The molecule has 1 fully saturated rings. The van der Waals surface area contributed by atoms with E-state index in [0.717, 1.165) is 11.3 Å². The smallest absolute Gasteiger partial charge is 0.324 e. The molecule has 0 aromatic heterocycles. The SMILES string of the molecule is CCOc1ccccc1[C@@H]1C[C@]1(N)C(=O)O. The molecule has 0 spiro atoms. The molecule has 0 aliphatic heterocycles. The Bertz CT molecular complexity index is 418. The molecule has 4 nitrogen and oxygen atoms in total. The van der Waals surface area contributed by atoms with Crippen LogP contribution in [0.25, 0.3) is 0 Å². The van der Waals surface area contributed by atoms with Gasteiger partial charge >= 0.3 is 5.97 Å². The first-order valence-electron chi connectivity index (χ1n) is 5.33. The number of hydrogen-bond donors (Lipinski definition) is 2. The molecule has 16 heavy (non-hydrogen) atoms. The van der Waals surface area contributed by atoms with Crippen LogP contribution in [0.3, 0.4) is 0 Å². The number of benzene rings is 1. The standard InChI is InChI=1S/C12H15NO3/c1-2-16-10-6-4-3-5-8(10)9-7-12(9,13)11(14)15/h3-6,9H,2,7,13H2,1H3,(H,14,15)/t9-,12+/m0/s1. The summed E-state index contributed by atoms with van der Waals surface area (Å²) in [7, 11) is 0. The van der Waals surface area contributed by atoms with E-state index in [-0.39, 0.29) is 5.92 Å². The topological polar surface area (TPSA) is 72.5 Å². The molecule has 3 N–H and O–H groups in total. The molecule has 0 heterocycles. The van der Waals surface area contributed by atoms with Crippen molar-refractivity contribution in [2.45, 2.75) is 24.8 Å². The van der Waals surface area contributed by atoms with E-state index in [2.05, 4.69) is 0 Å². The third kappa shape index (κ3) is 1.65. The Morgan fingerprint density at radius 1 is 1.62 bits per heavy atom. The van der Waals surface area contributed by atoms with E-state index in [9.17, 15) is 4.79 Å². The molecule has 0 unspecified atom stereocenters. The second-order valence-corrected chi connectivity index (χ2v) is 4.07. The van der Waals surface area contributed by atoms with Crippen LogP contribution in [0, 0.1) is 0 Å². The molecule has 1 aromatic carbocycles. The Labute approximate surface area is 94.0 Å². The van der Waals surface area contributed by atoms with Crippen molar-refractivity contribution in [2.24, 2.45) is 5.73 Å². The van der Waals surface area contributed by atoms with Gasteiger partial charge in [-0.05, 0) is 25.0 Å². The Morgan fingerprint density at radius 2 is 2.31 bits per heavy atom. The predicted molar refractivity (Wildman–Crippen MR) is 59.5 cm³/mol. The molecule has 1 saturated carbocycles. The third-order valence-electron chi connectivity index (χ3n) is 3.00. The lowest BCUT2D eigenvalue weighted by atomic mass is 10.1. The van der Waals surface area contributed by atoms with Gasteiger partial charge in [0.15, 0.2) is 0 Å². The number of carboxylic acids is 1. The third-order valence-corrected chi connectivity index (χ3v) is 3.00. The Morgan fingerprint density at radius 3 is 2.88 bits per heavy atom. The number of ether oxygens (including phenoxy) is 1. The number of carboxylic acid groups (broad SMARTS) is 1. The lowest BCUT2D eigenvalue weighted by Gasteiger charge is -2.11. The Kier molecular flexibility index (Phi) is 2.59. The minimum Gasteiger partial charge on any atom is -0.494 e. The Hall–Kier alpha value is -1.55. The fourth-order valence-electron chi connectivity index (χ4n) is 1.96. The summed E-state index contributed by atoms with van der Waals surface area (Å²) in [5, 5.41) is 9.00. The Balaban J connectivity index is 2.26. The number of nitrogens with two attached hydrogens (primary N) is 1. The van der Waals surface area contributed by atoms with Crippen LogP contribution in [0.1, 0.15) is 24.8 Å². The van der Waals surface area contributed by atoms with Crippen LogP contribution < -0.4 is 10.5 Å². The maximum absolute atomic E-state index is 11.0. The zero-order valence-electron chi connectivity index (χ0n) is 9.14. The summed E-state index contributed by atoms with van der Waals surface area (Å²) >= 11 is 0. The first kappa shape index (κ1) is 11.0. The average molecular weight is 221 g/mol. The van der Waals surface area contributed by atoms with Crippen LogP contribution in [-0.2, 0) is 4.79 Å². The molecule has 86 valence electrons. The number of aliphatic carboxylic acids is 1. The highest BCUT2D eigenvalue weighted by molar-refractivity contribution is 5.85. The lowest BCUT2D eigenvalue weighted by Crippen LogP contribution is -2.34. The van der Waals surface area contributed by atoms with E-state index >= 15 is 0 Å². The maximum Gasteiger partial charge on any atom is 0.324 e. The second kappa shape index (κ2) is 3.79. The normalized spacial score (nSPS) is 27.5. The van der Waals surface area contributed by atoms with Crippen molar-refractivity contribution < 1.29 is 14.6 Å². The van der Waals surface area contributed by atoms with Gasteiger partial charge in [-0.3, -0.25) is 4.79 Å². The molecular formula is C12H15NO3. The van der Waals surface area contributed by atoms with E-state index in [0.29, 0.717) is 13.0 Å². The maximum atomic E-state index is 11.0. The summed E-state index contributed by atoms with van der Waals surface area (Å²) in [5.74, 6) is -0.333. The summed E-state index contributed by atoms with van der Waals surface area (Å²) in [6.07, 6.45) is 0.479. The molecule has 2 rings (SSSR count). The number of para-hydroxylation sites is 1. The van der Waals surface area contributed by atoms with E-state index in [4.69, 9.17) is 15.6 Å². The molecule has 2 atom stereocenters. The van der Waals surface area contributed by atoms with Crippen LogP contribution in [0.15, 0.2) is 24.3 Å². The van der Waals surface area contributed by atoms with Crippen molar-refractivity contribution in [3.8, 4) is 5.75 Å². The van der Waals surface area contributed by atoms with Gasteiger partial charge in [-0.25, -0.2) is 0 Å². The molecule has 0 radical (unpaired) electrons. The highest BCUT2D eigenvalue weighted by Gasteiger charge is 2.59. The predicted octanol–water partition coefficient (Wildman–Crippen LogP) is 1.35. The van der Waals surface area contributed by atoms with E-state index in [1.807, 2.05) is 31.2 Å². The monoisotopic (exact) mass is 221 g/mol. The molecule has 1 aliphatic rings. The fourth-order valence-corrected chi connectivity index (χ4v) is 1.96. The first-order valence-corrected chi connectivity index (χ1v) is 5.33. The van der Waals surface area contributed by atoms with Crippen LogP contribution in [-0.4, -0.2) is 23.2 Å². The molecular weight excluding hydrogens is 206 g/mol. The molecule has 1 aliphatic carbocycles. The van der Waals surface area contributed by atoms with Crippen LogP contribution >= 0.6 is 0 Å². The largest absolute Gasteiger partial charge is 0.494 e. The summed E-state index contributed by atoms with van der Waals surface area (Å²) in [6.45, 7) is 2.46. The molecule has 0 amide bonds. The van der Waals surface area contributed by atoms with Crippen molar-refractivity contribution in [2.75, 3.05) is 6.61 Å². The van der Waals surface area contributed by atoms with Gasteiger partial charge in [-0.15, -0.1) is 0 Å². The second-order valence-electron chi connectivity index (χ2n) is 4.07. The summed E-state index contributed by atoms with van der Waals surface area (Å²) in [5.41, 5.74) is 5.57. The van der Waals surface area contributed by atoms with Gasteiger partial charge in [0.2, 0.25) is 0 Å². The van der Waals surface area contributed by atoms with E-state index in [1.165, 1.54) is 0 Å². The van der Waals surface area contributed by atoms with Gasteiger partial charge in [-0.1, -0.05) is 18.2 Å². The van der Waals surface area contributed by atoms with Gasteiger partial charge in [-0.2, -0.15) is 0 Å². The van der Waals surface area contributed by atoms with Crippen molar-refractivity contribution in [1.82, 2.24) is 0 Å². The van der Waals surface area contributed by atoms with Crippen molar-refractivity contribution >= 4 is 5.97 Å². The van der Waals surface area contributed by atoms with Crippen LogP contribution in [0.4, 0.5) is 0 Å². The minimum absolute atomic E-state index is 0.132. The number of carbonyl (C=O) groups is 1. The molecule has 0 saturated heterocycles. The molecule has 4 heteroatoms. The van der Waals surface area contributed by atoms with Crippen LogP contribution in [0.5, 0.6) is 5.75 Å². The summed E-state index contributed by atoms with van der Waals surface area (Å²) < 4.78 is 5.46. The average Bonchev–Trinajstić information content (AvgIpc) is 2.94. The zero-order valence-corrected chi connectivity index (χ0v) is 9.14. The van der Waals surface area contributed by atoms with Gasteiger partial charge < -0.3 is 15.6 Å². The van der Waals surface area contributed by atoms with Gasteiger partial charge in [0, 0.05) is 5.92 Å². The molecule has 1 aromatic rings. The van der Waals surface area contributed by atoms with Crippen molar-refractivity contribution in [3.05, 3.63) is 29.8 Å². The summed E-state index contributed by atoms with van der Waals surface area (Å²) in [6, 6.07) is 7.47. The highest BCUT2D eigenvalue weighted by atomic mass is 16.5. The summed E-state index contributed by atoms with van der Waals surface area (Å²) in [4.78, 5) is 11.0.